The van der Waals surface area contributed by atoms with Gasteiger partial charge in [0.25, 0.3) is 0 Å². The lowest BCUT2D eigenvalue weighted by atomic mass is 9.75. The minimum absolute atomic E-state index is 0.528. The molecule has 1 nitrogen and oxygen atoms in total. The number of hydrogen-bond donors (Lipinski definition) is 1. The lowest BCUT2D eigenvalue weighted by Gasteiger charge is -2.33. The zero-order chi connectivity index (χ0) is 7.90. The molecule has 0 aliphatic heterocycles. The van der Waals surface area contributed by atoms with E-state index < -0.39 is 0 Å². The molecule has 2 rings (SSSR count). The van der Waals surface area contributed by atoms with E-state index in [2.05, 4.69) is 6.92 Å². The van der Waals surface area contributed by atoms with Crippen molar-refractivity contribution < 1.29 is 0 Å². The first kappa shape index (κ1) is 7.60. The number of nitrogens with two attached hydrogens (primary N) is 1. The van der Waals surface area contributed by atoms with Crippen molar-refractivity contribution >= 4 is 0 Å². The summed E-state index contributed by atoms with van der Waals surface area (Å²) < 4.78 is 0. The van der Waals surface area contributed by atoms with Gasteiger partial charge in [0, 0.05) is 6.04 Å². The highest BCUT2D eigenvalue weighted by atomic mass is 14.7. The third-order valence-corrected chi connectivity index (χ3v) is 4.16. The maximum Gasteiger partial charge on any atom is 0.00981 e. The summed E-state index contributed by atoms with van der Waals surface area (Å²) in [6.07, 6.45) is 8.34. The fraction of sp³-hybridized carbons (Fsp3) is 1.00. The van der Waals surface area contributed by atoms with Gasteiger partial charge in [0.05, 0.1) is 0 Å². The van der Waals surface area contributed by atoms with Gasteiger partial charge in [-0.15, -0.1) is 0 Å². The summed E-state index contributed by atoms with van der Waals surface area (Å²) in [4.78, 5) is 0. The van der Waals surface area contributed by atoms with Crippen LogP contribution in [0.3, 0.4) is 0 Å². The molecule has 0 radical (unpaired) electrons. The van der Waals surface area contributed by atoms with Crippen LogP contribution in [0.25, 0.3) is 0 Å². The summed E-state index contributed by atoms with van der Waals surface area (Å²) in [7, 11) is 0. The molecule has 0 bridgehead atoms. The monoisotopic (exact) mass is 153 g/mol. The summed E-state index contributed by atoms with van der Waals surface area (Å²) in [6.45, 7) is 2.40. The highest BCUT2D eigenvalue weighted by molar-refractivity contribution is 5.00. The SMILES string of the molecule is C[C@H]1CCC[C@]12CCC[C@@H]2N. The van der Waals surface area contributed by atoms with Gasteiger partial charge in [-0.3, -0.25) is 0 Å². The molecule has 0 unspecified atom stereocenters. The Morgan fingerprint density at radius 1 is 1.18 bits per heavy atom. The molecule has 64 valence electrons. The summed E-state index contributed by atoms with van der Waals surface area (Å²) in [5.41, 5.74) is 6.75. The summed E-state index contributed by atoms with van der Waals surface area (Å²) in [6, 6.07) is 0.528. The van der Waals surface area contributed by atoms with Crippen molar-refractivity contribution in [2.24, 2.45) is 17.1 Å². The second-order valence-electron chi connectivity index (χ2n) is 4.53. The molecule has 0 amide bonds. The standard InChI is InChI=1S/C10H19N/c1-8-4-2-6-10(8)7-3-5-9(10)11/h8-9H,2-7,11H2,1H3/t8-,9-,10-/m0/s1. The van der Waals surface area contributed by atoms with Crippen molar-refractivity contribution in [2.45, 2.75) is 51.5 Å². The zero-order valence-electron chi connectivity index (χ0n) is 7.47. The van der Waals surface area contributed by atoms with Gasteiger partial charge in [0.1, 0.15) is 0 Å². The Hall–Kier alpha value is -0.0400. The molecule has 0 saturated heterocycles. The molecule has 2 saturated carbocycles. The predicted octanol–water partition coefficient (Wildman–Crippen LogP) is 2.30. The van der Waals surface area contributed by atoms with Crippen molar-refractivity contribution in [3.8, 4) is 0 Å². The molecule has 2 aliphatic carbocycles. The average molecular weight is 153 g/mol. The maximum absolute atomic E-state index is 6.17. The Balaban J connectivity index is 2.19. The van der Waals surface area contributed by atoms with Gasteiger partial charge in [-0.25, -0.2) is 0 Å². The quantitative estimate of drug-likeness (QED) is 0.568. The molecule has 11 heavy (non-hydrogen) atoms. The number of hydrogen-bond acceptors (Lipinski definition) is 1. The first-order valence-corrected chi connectivity index (χ1v) is 5.01. The third-order valence-electron chi connectivity index (χ3n) is 4.16. The van der Waals surface area contributed by atoms with E-state index in [-0.39, 0.29) is 0 Å². The fourth-order valence-electron chi connectivity index (χ4n) is 3.32. The van der Waals surface area contributed by atoms with Crippen molar-refractivity contribution in [3.63, 3.8) is 0 Å². The molecule has 2 aliphatic rings. The fourth-order valence-corrected chi connectivity index (χ4v) is 3.32. The van der Waals surface area contributed by atoms with Gasteiger partial charge in [-0.1, -0.05) is 26.2 Å². The maximum atomic E-state index is 6.17. The predicted molar refractivity (Wildman–Crippen MR) is 47.3 cm³/mol. The van der Waals surface area contributed by atoms with Crippen LogP contribution in [0, 0.1) is 11.3 Å². The topological polar surface area (TPSA) is 26.0 Å². The van der Waals surface area contributed by atoms with Crippen LogP contribution in [-0.2, 0) is 0 Å². The smallest absolute Gasteiger partial charge is 0.00981 e. The van der Waals surface area contributed by atoms with E-state index in [4.69, 9.17) is 5.73 Å². The highest BCUT2D eigenvalue weighted by Crippen LogP contribution is 2.53. The number of rotatable bonds is 0. The van der Waals surface area contributed by atoms with Crippen LogP contribution in [-0.4, -0.2) is 6.04 Å². The van der Waals surface area contributed by atoms with E-state index in [0.29, 0.717) is 11.5 Å². The van der Waals surface area contributed by atoms with Crippen molar-refractivity contribution in [1.29, 1.82) is 0 Å². The minimum Gasteiger partial charge on any atom is -0.327 e. The largest absolute Gasteiger partial charge is 0.327 e. The van der Waals surface area contributed by atoms with Crippen LogP contribution in [0.1, 0.15) is 45.4 Å². The van der Waals surface area contributed by atoms with Gasteiger partial charge in [-0.2, -0.15) is 0 Å². The Labute approximate surface area is 69.4 Å². The van der Waals surface area contributed by atoms with Crippen molar-refractivity contribution in [2.75, 3.05) is 0 Å². The van der Waals surface area contributed by atoms with Gasteiger partial charge in [0.15, 0.2) is 0 Å². The van der Waals surface area contributed by atoms with Crippen molar-refractivity contribution in [1.82, 2.24) is 0 Å². The normalized spacial score (nSPS) is 50.7. The molecule has 2 fully saturated rings. The molecule has 3 atom stereocenters. The van der Waals surface area contributed by atoms with Crippen LogP contribution in [0.15, 0.2) is 0 Å². The van der Waals surface area contributed by atoms with Crippen LogP contribution < -0.4 is 5.73 Å². The van der Waals surface area contributed by atoms with E-state index in [9.17, 15) is 0 Å². The van der Waals surface area contributed by atoms with Crippen molar-refractivity contribution in [3.05, 3.63) is 0 Å². The van der Waals surface area contributed by atoms with E-state index in [0.717, 1.165) is 5.92 Å². The van der Waals surface area contributed by atoms with E-state index in [1.54, 1.807) is 0 Å². The lowest BCUT2D eigenvalue weighted by molar-refractivity contribution is 0.194. The molecular weight excluding hydrogens is 134 g/mol. The molecule has 0 aromatic rings. The average Bonchev–Trinajstić information content (AvgIpc) is 2.48. The second kappa shape index (κ2) is 2.48. The first-order valence-electron chi connectivity index (χ1n) is 5.01. The van der Waals surface area contributed by atoms with Gasteiger partial charge in [-0.05, 0) is 30.6 Å². The summed E-state index contributed by atoms with van der Waals surface area (Å²) in [5, 5.41) is 0. The molecule has 2 N–H and O–H groups in total. The third kappa shape index (κ3) is 0.936. The zero-order valence-corrected chi connectivity index (χ0v) is 7.47. The van der Waals surface area contributed by atoms with E-state index >= 15 is 0 Å². The van der Waals surface area contributed by atoms with E-state index in [1.165, 1.54) is 38.5 Å². The molecule has 0 aromatic heterocycles. The Bertz CT molecular complexity index is 135. The van der Waals surface area contributed by atoms with Crippen LogP contribution in [0.2, 0.25) is 0 Å². The summed E-state index contributed by atoms with van der Waals surface area (Å²) in [5.74, 6) is 0.903. The molecule has 1 heteroatoms. The van der Waals surface area contributed by atoms with Crippen LogP contribution in [0.4, 0.5) is 0 Å². The molecular formula is C10H19N. The van der Waals surface area contributed by atoms with Crippen LogP contribution >= 0.6 is 0 Å². The Morgan fingerprint density at radius 3 is 2.27 bits per heavy atom. The minimum atomic E-state index is 0.528. The Morgan fingerprint density at radius 2 is 1.82 bits per heavy atom. The highest BCUT2D eigenvalue weighted by Gasteiger charge is 2.47. The molecule has 0 aromatic carbocycles. The molecule has 0 heterocycles. The van der Waals surface area contributed by atoms with Gasteiger partial charge < -0.3 is 5.73 Å². The van der Waals surface area contributed by atoms with Crippen LogP contribution in [0.5, 0.6) is 0 Å². The van der Waals surface area contributed by atoms with Gasteiger partial charge in [0.2, 0.25) is 0 Å². The summed E-state index contributed by atoms with van der Waals surface area (Å²) >= 11 is 0. The van der Waals surface area contributed by atoms with Gasteiger partial charge >= 0.3 is 0 Å². The first-order chi connectivity index (χ1) is 5.26. The Kier molecular flexibility index (Phi) is 1.71. The van der Waals surface area contributed by atoms with E-state index in [1.807, 2.05) is 0 Å². The molecule has 1 spiro atoms. The second-order valence-corrected chi connectivity index (χ2v) is 4.53. The lowest BCUT2D eigenvalue weighted by Crippen LogP contribution is -2.38.